The van der Waals surface area contributed by atoms with E-state index in [1.165, 1.54) is 26.8 Å². The van der Waals surface area contributed by atoms with Gasteiger partial charge in [-0.1, -0.05) is 24.3 Å². The molecule has 2 aromatic heterocycles. The third kappa shape index (κ3) is 1.72. The Labute approximate surface area is 110 Å². The summed E-state index contributed by atoms with van der Waals surface area (Å²) >= 11 is 1.74. The SMILES string of the molecule is Cc1cccc2c(CN)ncc(-c3cccs3)c12. The average Bonchev–Trinajstić information content (AvgIpc) is 2.91. The first kappa shape index (κ1) is 11.4. The van der Waals surface area contributed by atoms with Gasteiger partial charge < -0.3 is 5.73 Å². The summed E-state index contributed by atoms with van der Waals surface area (Å²) in [5, 5.41) is 4.54. The van der Waals surface area contributed by atoms with E-state index in [-0.39, 0.29) is 0 Å². The van der Waals surface area contributed by atoms with Crippen molar-refractivity contribution < 1.29 is 0 Å². The molecule has 0 spiro atoms. The second-order valence-corrected chi connectivity index (χ2v) is 5.25. The molecule has 3 heteroatoms. The molecule has 90 valence electrons. The van der Waals surface area contributed by atoms with Crippen LogP contribution in [0, 0.1) is 6.92 Å². The second-order valence-electron chi connectivity index (χ2n) is 4.30. The van der Waals surface area contributed by atoms with Gasteiger partial charge in [0.25, 0.3) is 0 Å². The quantitative estimate of drug-likeness (QED) is 0.756. The van der Waals surface area contributed by atoms with Crippen molar-refractivity contribution in [1.82, 2.24) is 4.98 Å². The molecule has 0 aliphatic heterocycles. The zero-order valence-electron chi connectivity index (χ0n) is 10.2. The van der Waals surface area contributed by atoms with Gasteiger partial charge in [-0.3, -0.25) is 4.98 Å². The molecule has 0 unspecified atom stereocenters. The van der Waals surface area contributed by atoms with E-state index in [2.05, 4.69) is 47.6 Å². The lowest BCUT2D eigenvalue weighted by Crippen LogP contribution is -2.01. The summed E-state index contributed by atoms with van der Waals surface area (Å²) in [5.74, 6) is 0. The molecule has 0 amide bonds. The molecule has 2 nitrogen and oxygen atoms in total. The predicted octanol–water partition coefficient (Wildman–Crippen LogP) is 3.73. The van der Waals surface area contributed by atoms with E-state index < -0.39 is 0 Å². The van der Waals surface area contributed by atoms with Gasteiger partial charge in [-0.15, -0.1) is 11.3 Å². The van der Waals surface area contributed by atoms with Gasteiger partial charge in [0.05, 0.1) is 5.69 Å². The van der Waals surface area contributed by atoms with Crippen molar-refractivity contribution in [2.75, 3.05) is 0 Å². The minimum absolute atomic E-state index is 0.477. The van der Waals surface area contributed by atoms with E-state index in [1.807, 2.05) is 6.20 Å². The Morgan fingerprint density at radius 1 is 1.22 bits per heavy atom. The Hall–Kier alpha value is -1.71. The lowest BCUT2D eigenvalue weighted by atomic mass is 9.99. The monoisotopic (exact) mass is 254 g/mol. The number of fused-ring (bicyclic) bond motifs is 1. The summed E-state index contributed by atoms with van der Waals surface area (Å²) in [4.78, 5) is 5.76. The Kier molecular flexibility index (Phi) is 2.86. The fraction of sp³-hybridized carbons (Fsp3) is 0.133. The molecule has 1 aromatic carbocycles. The van der Waals surface area contributed by atoms with Gasteiger partial charge in [0.1, 0.15) is 0 Å². The predicted molar refractivity (Wildman–Crippen MR) is 77.7 cm³/mol. The number of hydrogen-bond donors (Lipinski definition) is 1. The van der Waals surface area contributed by atoms with E-state index in [0.29, 0.717) is 6.54 Å². The van der Waals surface area contributed by atoms with Gasteiger partial charge in [-0.05, 0) is 29.3 Å². The molecular formula is C15H14N2S. The first-order valence-electron chi connectivity index (χ1n) is 5.92. The summed E-state index contributed by atoms with van der Waals surface area (Å²) in [6.07, 6.45) is 1.95. The smallest absolute Gasteiger partial charge is 0.0618 e. The topological polar surface area (TPSA) is 38.9 Å². The maximum Gasteiger partial charge on any atom is 0.0618 e. The zero-order valence-corrected chi connectivity index (χ0v) is 11.0. The van der Waals surface area contributed by atoms with Gasteiger partial charge >= 0.3 is 0 Å². The molecule has 0 saturated carbocycles. The third-order valence-electron chi connectivity index (χ3n) is 3.18. The van der Waals surface area contributed by atoms with E-state index in [1.54, 1.807) is 11.3 Å². The largest absolute Gasteiger partial charge is 0.325 e. The lowest BCUT2D eigenvalue weighted by Gasteiger charge is -2.10. The van der Waals surface area contributed by atoms with E-state index >= 15 is 0 Å². The van der Waals surface area contributed by atoms with Crippen molar-refractivity contribution in [2.24, 2.45) is 5.73 Å². The number of benzene rings is 1. The molecular weight excluding hydrogens is 240 g/mol. The third-order valence-corrected chi connectivity index (χ3v) is 4.09. The van der Waals surface area contributed by atoms with Crippen LogP contribution in [0.4, 0.5) is 0 Å². The molecule has 0 radical (unpaired) electrons. The normalized spacial score (nSPS) is 11.0. The fourth-order valence-electron chi connectivity index (χ4n) is 2.32. The maximum absolute atomic E-state index is 5.77. The number of aromatic nitrogens is 1. The van der Waals surface area contributed by atoms with Crippen LogP contribution in [0.1, 0.15) is 11.3 Å². The van der Waals surface area contributed by atoms with E-state index in [0.717, 1.165) is 5.69 Å². The highest BCUT2D eigenvalue weighted by molar-refractivity contribution is 7.13. The summed E-state index contributed by atoms with van der Waals surface area (Å²) in [7, 11) is 0. The number of aryl methyl sites for hydroxylation is 1. The molecule has 3 rings (SSSR count). The standard InChI is InChI=1S/C15H14N2S/c1-10-4-2-5-11-13(8-16)17-9-12(15(10)11)14-6-3-7-18-14/h2-7,9H,8,16H2,1H3. The van der Waals surface area contributed by atoms with Crippen molar-refractivity contribution in [3.8, 4) is 10.4 Å². The molecule has 0 aliphatic rings. The van der Waals surface area contributed by atoms with Gasteiger partial charge in [-0.25, -0.2) is 0 Å². The Balaban J connectivity index is 2.41. The van der Waals surface area contributed by atoms with Crippen LogP contribution in [-0.4, -0.2) is 4.98 Å². The van der Waals surface area contributed by atoms with Gasteiger partial charge in [0.2, 0.25) is 0 Å². The summed E-state index contributed by atoms with van der Waals surface area (Å²) in [5.41, 5.74) is 9.22. The van der Waals surface area contributed by atoms with Crippen LogP contribution in [0.3, 0.4) is 0 Å². The lowest BCUT2D eigenvalue weighted by molar-refractivity contribution is 1.01. The highest BCUT2D eigenvalue weighted by Gasteiger charge is 2.10. The highest BCUT2D eigenvalue weighted by atomic mass is 32.1. The summed E-state index contributed by atoms with van der Waals surface area (Å²) < 4.78 is 0. The Morgan fingerprint density at radius 2 is 2.11 bits per heavy atom. The Morgan fingerprint density at radius 3 is 2.83 bits per heavy atom. The van der Waals surface area contributed by atoms with Gasteiger partial charge in [-0.2, -0.15) is 0 Å². The van der Waals surface area contributed by atoms with Crippen LogP contribution >= 0.6 is 11.3 Å². The Bertz CT molecular complexity index is 687. The molecule has 0 bridgehead atoms. The van der Waals surface area contributed by atoms with Crippen LogP contribution in [0.15, 0.2) is 41.9 Å². The minimum Gasteiger partial charge on any atom is -0.325 e. The first-order chi connectivity index (χ1) is 8.81. The number of rotatable bonds is 2. The van der Waals surface area contributed by atoms with Crippen LogP contribution in [0.2, 0.25) is 0 Å². The first-order valence-corrected chi connectivity index (χ1v) is 6.80. The molecule has 0 fully saturated rings. The maximum atomic E-state index is 5.77. The summed E-state index contributed by atoms with van der Waals surface area (Å²) in [6.45, 7) is 2.62. The van der Waals surface area contributed by atoms with Crippen molar-refractivity contribution in [1.29, 1.82) is 0 Å². The minimum atomic E-state index is 0.477. The van der Waals surface area contributed by atoms with Crippen LogP contribution in [0.25, 0.3) is 21.2 Å². The molecule has 0 saturated heterocycles. The van der Waals surface area contributed by atoms with Crippen LogP contribution < -0.4 is 5.73 Å². The van der Waals surface area contributed by atoms with Crippen molar-refractivity contribution in [3.63, 3.8) is 0 Å². The molecule has 2 N–H and O–H groups in total. The van der Waals surface area contributed by atoms with Crippen LogP contribution in [-0.2, 0) is 6.54 Å². The highest BCUT2D eigenvalue weighted by Crippen LogP contribution is 2.34. The molecule has 0 atom stereocenters. The zero-order chi connectivity index (χ0) is 12.5. The average molecular weight is 254 g/mol. The van der Waals surface area contributed by atoms with Crippen LogP contribution in [0.5, 0.6) is 0 Å². The number of nitrogens with two attached hydrogens (primary N) is 1. The second kappa shape index (κ2) is 4.52. The van der Waals surface area contributed by atoms with Gasteiger partial charge in [0, 0.05) is 28.6 Å². The van der Waals surface area contributed by atoms with E-state index in [9.17, 15) is 0 Å². The van der Waals surface area contributed by atoms with Gasteiger partial charge in [0.15, 0.2) is 0 Å². The molecule has 0 aliphatic carbocycles. The van der Waals surface area contributed by atoms with E-state index in [4.69, 9.17) is 5.73 Å². The molecule has 3 aromatic rings. The van der Waals surface area contributed by atoms with Crippen molar-refractivity contribution in [3.05, 3.63) is 53.2 Å². The molecule has 2 heterocycles. The number of pyridine rings is 1. The van der Waals surface area contributed by atoms with Crippen molar-refractivity contribution in [2.45, 2.75) is 13.5 Å². The molecule has 18 heavy (non-hydrogen) atoms. The van der Waals surface area contributed by atoms with Crippen molar-refractivity contribution >= 4 is 22.1 Å². The number of nitrogens with zero attached hydrogens (tertiary/aromatic N) is 1. The number of hydrogen-bond acceptors (Lipinski definition) is 3. The number of thiophene rings is 1. The summed E-state index contributed by atoms with van der Waals surface area (Å²) in [6, 6.07) is 10.5. The fourth-order valence-corrected chi connectivity index (χ4v) is 3.07.